The zero-order valence-electron chi connectivity index (χ0n) is 11.4. The number of amides is 1. The van der Waals surface area contributed by atoms with E-state index in [2.05, 4.69) is 18.8 Å². The van der Waals surface area contributed by atoms with E-state index in [9.17, 15) is 4.79 Å². The zero-order valence-corrected chi connectivity index (χ0v) is 11.4. The minimum Gasteiger partial charge on any atom is -0.339 e. The summed E-state index contributed by atoms with van der Waals surface area (Å²) in [7, 11) is 0. The Kier molecular flexibility index (Phi) is 4.59. The molecule has 0 aliphatic carbocycles. The molecular formula is C16H20N2O. The average Bonchev–Trinajstić information content (AvgIpc) is 2.46. The fourth-order valence-corrected chi connectivity index (χ4v) is 2.24. The number of carbonyl (C=O) groups excluding carboxylic acids is 1. The first-order chi connectivity index (χ1) is 9.20. The van der Waals surface area contributed by atoms with Crippen LogP contribution in [0.15, 0.2) is 24.3 Å². The predicted molar refractivity (Wildman–Crippen MR) is 76.7 cm³/mol. The first-order valence-corrected chi connectivity index (χ1v) is 6.79. The highest BCUT2D eigenvalue weighted by molar-refractivity contribution is 5.94. The highest BCUT2D eigenvalue weighted by atomic mass is 16.2. The van der Waals surface area contributed by atoms with Crippen LogP contribution in [-0.2, 0) is 0 Å². The topological polar surface area (TPSA) is 46.3 Å². The lowest BCUT2D eigenvalue weighted by Crippen LogP contribution is -2.37. The van der Waals surface area contributed by atoms with E-state index in [-0.39, 0.29) is 5.91 Å². The molecule has 1 amide bonds. The maximum absolute atomic E-state index is 12.3. The summed E-state index contributed by atoms with van der Waals surface area (Å²) >= 11 is 0. The summed E-state index contributed by atoms with van der Waals surface area (Å²) in [5.41, 5.74) is 6.97. The normalized spacial score (nSPS) is 15.8. The average molecular weight is 256 g/mol. The van der Waals surface area contributed by atoms with Gasteiger partial charge in [0.25, 0.3) is 5.91 Å². The fraction of sp³-hybridized carbons (Fsp3) is 0.438. The van der Waals surface area contributed by atoms with Crippen molar-refractivity contribution in [3.8, 4) is 11.8 Å². The van der Waals surface area contributed by atoms with Crippen LogP contribution < -0.4 is 5.73 Å². The van der Waals surface area contributed by atoms with E-state index in [4.69, 9.17) is 5.73 Å². The second kappa shape index (κ2) is 6.40. The lowest BCUT2D eigenvalue weighted by Gasteiger charge is -2.30. The van der Waals surface area contributed by atoms with E-state index in [1.165, 1.54) is 0 Å². The molecule has 1 aliphatic heterocycles. The van der Waals surface area contributed by atoms with Gasteiger partial charge in [0.05, 0.1) is 6.54 Å². The second-order valence-corrected chi connectivity index (χ2v) is 5.06. The molecule has 2 N–H and O–H groups in total. The van der Waals surface area contributed by atoms with Gasteiger partial charge in [-0.15, -0.1) is 0 Å². The van der Waals surface area contributed by atoms with Gasteiger partial charge in [0, 0.05) is 24.2 Å². The molecule has 1 aromatic rings. The highest BCUT2D eigenvalue weighted by Crippen LogP contribution is 2.18. The van der Waals surface area contributed by atoms with Crippen LogP contribution in [0.25, 0.3) is 0 Å². The molecule has 3 nitrogen and oxygen atoms in total. The number of nitrogens with two attached hydrogens (primary N) is 1. The van der Waals surface area contributed by atoms with E-state index in [1.807, 2.05) is 29.2 Å². The van der Waals surface area contributed by atoms with Crippen LogP contribution >= 0.6 is 0 Å². The summed E-state index contributed by atoms with van der Waals surface area (Å²) < 4.78 is 0. The van der Waals surface area contributed by atoms with Gasteiger partial charge in [-0.05, 0) is 43.0 Å². The molecule has 0 bridgehead atoms. The molecule has 19 heavy (non-hydrogen) atoms. The summed E-state index contributed by atoms with van der Waals surface area (Å²) in [6.07, 6.45) is 2.21. The van der Waals surface area contributed by atoms with Crippen LogP contribution in [0.4, 0.5) is 0 Å². The summed E-state index contributed by atoms with van der Waals surface area (Å²) in [6, 6.07) is 7.45. The lowest BCUT2D eigenvalue weighted by molar-refractivity contribution is 0.0697. The SMILES string of the molecule is CC1CCN(C(=O)c2ccc(C#CCN)cc2)CC1. The molecule has 0 spiro atoms. The van der Waals surface area contributed by atoms with Gasteiger partial charge in [0.15, 0.2) is 0 Å². The Hall–Kier alpha value is -1.79. The Morgan fingerprint density at radius 2 is 1.95 bits per heavy atom. The molecular weight excluding hydrogens is 236 g/mol. The minimum absolute atomic E-state index is 0.130. The molecule has 0 radical (unpaired) electrons. The number of piperidine rings is 1. The van der Waals surface area contributed by atoms with E-state index in [0.717, 1.165) is 43.0 Å². The van der Waals surface area contributed by atoms with Crippen LogP contribution in [0.3, 0.4) is 0 Å². The Labute approximate surface area is 114 Å². The van der Waals surface area contributed by atoms with E-state index < -0.39 is 0 Å². The van der Waals surface area contributed by atoms with Gasteiger partial charge in [-0.2, -0.15) is 0 Å². The molecule has 2 rings (SSSR count). The molecule has 1 saturated heterocycles. The van der Waals surface area contributed by atoms with Gasteiger partial charge in [0.1, 0.15) is 0 Å². The molecule has 1 heterocycles. The Morgan fingerprint density at radius 3 is 2.53 bits per heavy atom. The van der Waals surface area contributed by atoms with Crippen LogP contribution in [-0.4, -0.2) is 30.4 Å². The summed E-state index contributed by atoms with van der Waals surface area (Å²) in [5.74, 6) is 6.62. The third-order valence-electron chi connectivity index (χ3n) is 3.54. The van der Waals surface area contributed by atoms with Crippen molar-refractivity contribution in [1.82, 2.24) is 4.90 Å². The van der Waals surface area contributed by atoms with E-state index in [1.54, 1.807) is 0 Å². The van der Waals surface area contributed by atoms with Crippen molar-refractivity contribution in [3.05, 3.63) is 35.4 Å². The molecule has 1 fully saturated rings. The van der Waals surface area contributed by atoms with Gasteiger partial charge >= 0.3 is 0 Å². The molecule has 0 atom stereocenters. The van der Waals surface area contributed by atoms with E-state index >= 15 is 0 Å². The van der Waals surface area contributed by atoms with Crippen molar-refractivity contribution in [2.45, 2.75) is 19.8 Å². The van der Waals surface area contributed by atoms with Crippen molar-refractivity contribution >= 4 is 5.91 Å². The summed E-state index contributed by atoms with van der Waals surface area (Å²) in [5, 5.41) is 0. The van der Waals surface area contributed by atoms with Crippen molar-refractivity contribution in [1.29, 1.82) is 0 Å². The molecule has 3 heteroatoms. The van der Waals surface area contributed by atoms with Gasteiger partial charge in [-0.25, -0.2) is 0 Å². The number of hydrogen-bond acceptors (Lipinski definition) is 2. The smallest absolute Gasteiger partial charge is 0.253 e. The molecule has 1 aromatic carbocycles. The van der Waals surface area contributed by atoms with Crippen LogP contribution in [0.1, 0.15) is 35.7 Å². The standard InChI is InChI=1S/C16H20N2O/c1-13-8-11-18(12-9-13)16(19)15-6-4-14(5-7-15)3-2-10-17/h4-7,13H,8-12,17H2,1H3. The monoisotopic (exact) mass is 256 g/mol. The third-order valence-corrected chi connectivity index (χ3v) is 3.54. The number of likely N-dealkylation sites (tertiary alicyclic amines) is 1. The Balaban J connectivity index is 2.03. The first-order valence-electron chi connectivity index (χ1n) is 6.79. The quantitative estimate of drug-likeness (QED) is 0.780. The molecule has 1 aliphatic rings. The molecule has 0 unspecified atom stereocenters. The maximum atomic E-state index is 12.3. The number of nitrogens with zero attached hydrogens (tertiary/aromatic N) is 1. The summed E-state index contributed by atoms with van der Waals surface area (Å²) in [4.78, 5) is 14.2. The Bertz CT molecular complexity index is 488. The predicted octanol–water partition coefficient (Wildman–Crippen LogP) is 1.87. The van der Waals surface area contributed by atoms with Gasteiger partial charge in [-0.3, -0.25) is 4.79 Å². The van der Waals surface area contributed by atoms with Crippen LogP contribution in [0.2, 0.25) is 0 Å². The van der Waals surface area contributed by atoms with E-state index in [0.29, 0.717) is 6.54 Å². The van der Waals surface area contributed by atoms with Gasteiger partial charge in [0.2, 0.25) is 0 Å². The van der Waals surface area contributed by atoms with Gasteiger partial charge < -0.3 is 10.6 Å². The third kappa shape index (κ3) is 3.59. The van der Waals surface area contributed by atoms with Crippen LogP contribution in [0, 0.1) is 17.8 Å². The fourth-order valence-electron chi connectivity index (χ4n) is 2.24. The van der Waals surface area contributed by atoms with Crippen molar-refractivity contribution in [3.63, 3.8) is 0 Å². The number of hydrogen-bond donors (Lipinski definition) is 1. The first kappa shape index (κ1) is 13.6. The zero-order chi connectivity index (χ0) is 13.7. The summed E-state index contributed by atoms with van der Waals surface area (Å²) in [6.45, 7) is 4.34. The highest BCUT2D eigenvalue weighted by Gasteiger charge is 2.21. The lowest BCUT2D eigenvalue weighted by atomic mass is 9.98. The second-order valence-electron chi connectivity index (χ2n) is 5.06. The minimum atomic E-state index is 0.130. The molecule has 0 aromatic heterocycles. The number of carbonyl (C=O) groups is 1. The number of rotatable bonds is 1. The van der Waals surface area contributed by atoms with Crippen molar-refractivity contribution in [2.24, 2.45) is 11.7 Å². The molecule has 0 saturated carbocycles. The van der Waals surface area contributed by atoms with Crippen molar-refractivity contribution < 1.29 is 4.79 Å². The Morgan fingerprint density at radius 1 is 1.32 bits per heavy atom. The maximum Gasteiger partial charge on any atom is 0.253 e. The number of benzene rings is 1. The largest absolute Gasteiger partial charge is 0.339 e. The van der Waals surface area contributed by atoms with Crippen LogP contribution in [0.5, 0.6) is 0 Å². The molecule has 100 valence electrons. The van der Waals surface area contributed by atoms with Gasteiger partial charge in [-0.1, -0.05) is 18.8 Å². The van der Waals surface area contributed by atoms with Crippen molar-refractivity contribution in [2.75, 3.05) is 19.6 Å².